The van der Waals surface area contributed by atoms with Crippen LogP contribution in [0.4, 0.5) is 0 Å². The van der Waals surface area contributed by atoms with Crippen LogP contribution in [-0.4, -0.2) is 39.8 Å². The number of pyridine rings is 2. The lowest BCUT2D eigenvalue weighted by molar-refractivity contribution is 0.0697. The number of aromatic nitrogens is 2. The van der Waals surface area contributed by atoms with Gasteiger partial charge >= 0.3 is 0 Å². The largest absolute Gasteiger partial charge is 0.347 e. The Morgan fingerprint density at radius 2 is 1.88 bits per heavy atom. The second kappa shape index (κ2) is 7.88. The standard InChI is InChI=1S/C19H22N4O2/c1-14-5-10-23(11-6-14)19(25)16-4-9-21-17(12-16)18(24)22-13-15-2-7-20-8-3-15/h2-4,7-9,12,14H,5-6,10-11,13H2,1H3,(H,22,24). The first-order chi connectivity index (χ1) is 12.1. The van der Waals surface area contributed by atoms with Gasteiger partial charge in [0.15, 0.2) is 0 Å². The van der Waals surface area contributed by atoms with Crippen LogP contribution in [0.3, 0.4) is 0 Å². The summed E-state index contributed by atoms with van der Waals surface area (Å²) < 4.78 is 0. The molecule has 0 aromatic carbocycles. The molecule has 0 bridgehead atoms. The maximum absolute atomic E-state index is 12.6. The Kier molecular flexibility index (Phi) is 5.38. The normalized spacial score (nSPS) is 15.0. The van der Waals surface area contributed by atoms with Crippen LogP contribution in [0.2, 0.25) is 0 Å². The first-order valence-corrected chi connectivity index (χ1v) is 8.56. The van der Waals surface area contributed by atoms with Crippen molar-refractivity contribution in [1.29, 1.82) is 0 Å². The van der Waals surface area contributed by atoms with Crippen molar-refractivity contribution in [2.24, 2.45) is 5.92 Å². The predicted molar refractivity (Wildman–Crippen MR) is 93.9 cm³/mol. The topological polar surface area (TPSA) is 75.2 Å². The minimum atomic E-state index is -0.293. The number of likely N-dealkylation sites (tertiary alicyclic amines) is 1. The van der Waals surface area contributed by atoms with Gasteiger partial charge in [-0.15, -0.1) is 0 Å². The van der Waals surface area contributed by atoms with Gasteiger partial charge in [-0.25, -0.2) is 0 Å². The fraction of sp³-hybridized carbons (Fsp3) is 0.368. The monoisotopic (exact) mass is 338 g/mol. The summed E-state index contributed by atoms with van der Waals surface area (Å²) >= 11 is 0. The molecule has 1 aliphatic heterocycles. The minimum absolute atomic E-state index is 0.0301. The number of carbonyl (C=O) groups excluding carboxylic acids is 2. The number of amides is 2. The molecule has 2 amide bonds. The number of rotatable bonds is 4. The van der Waals surface area contributed by atoms with E-state index in [2.05, 4.69) is 22.2 Å². The SMILES string of the molecule is CC1CCN(C(=O)c2ccnc(C(=O)NCc3ccncc3)c2)CC1. The lowest BCUT2D eigenvalue weighted by atomic mass is 9.98. The van der Waals surface area contributed by atoms with E-state index >= 15 is 0 Å². The molecular weight excluding hydrogens is 316 g/mol. The van der Waals surface area contributed by atoms with Crippen molar-refractivity contribution in [2.45, 2.75) is 26.3 Å². The molecule has 0 atom stereocenters. The summed E-state index contributed by atoms with van der Waals surface area (Å²) in [4.78, 5) is 34.8. The van der Waals surface area contributed by atoms with E-state index in [1.807, 2.05) is 17.0 Å². The van der Waals surface area contributed by atoms with Crippen LogP contribution in [0.15, 0.2) is 42.9 Å². The maximum atomic E-state index is 12.6. The molecule has 0 spiro atoms. The number of carbonyl (C=O) groups is 2. The molecule has 0 aliphatic carbocycles. The third-order valence-corrected chi connectivity index (χ3v) is 4.51. The van der Waals surface area contributed by atoms with Gasteiger partial charge in [-0.2, -0.15) is 0 Å². The molecule has 1 aliphatic rings. The zero-order chi connectivity index (χ0) is 17.6. The second-order valence-electron chi connectivity index (χ2n) is 6.44. The van der Waals surface area contributed by atoms with E-state index in [0.717, 1.165) is 31.5 Å². The van der Waals surface area contributed by atoms with Crippen molar-refractivity contribution in [3.05, 3.63) is 59.7 Å². The zero-order valence-corrected chi connectivity index (χ0v) is 14.3. The van der Waals surface area contributed by atoms with Crippen LogP contribution in [-0.2, 0) is 6.54 Å². The molecule has 0 saturated carbocycles. The number of hydrogen-bond acceptors (Lipinski definition) is 4. The number of hydrogen-bond donors (Lipinski definition) is 1. The van der Waals surface area contributed by atoms with Crippen molar-refractivity contribution < 1.29 is 9.59 Å². The fourth-order valence-electron chi connectivity index (χ4n) is 2.86. The average Bonchev–Trinajstić information content (AvgIpc) is 2.67. The Labute approximate surface area is 147 Å². The van der Waals surface area contributed by atoms with E-state index in [9.17, 15) is 9.59 Å². The molecule has 1 N–H and O–H groups in total. The fourth-order valence-corrected chi connectivity index (χ4v) is 2.86. The summed E-state index contributed by atoms with van der Waals surface area (Å²) in [5.74, 6) is 0.340. The van der Waals surface area contributed by atoms with Gasteiger partial charge in [-0.3, -0.25) is 19.6 Å². The van der Waals surface area contributed by atoms with E-state index in [1.54, 1.807) is 24.5 Å². The molecular formula is C19H22N4O2. The summed E-state index contributed by atoms with van der Waals surface area (Å²) in [5, 5.41) is 2.81. The minimum Gasteiger partial charge on any atom is -0.347 e. The summed E-state index contributed by atoms with van der Waals surface area (Å²) in [5.41, 5.74) is 1.72. The Hall–Kier alpha value is -2.76. The molecule has 0 radical (unpaired) electrons. The van der Waals surface area contributed by atoms with Crippen LogP contribution in [0.1, 0.15) is 46.2 Å². The smallest absolute Gasteiger partial charge is 0.270 e. The van der Waals surface area contributed by atoms with Crippen LogP contribution >= 0.6 is 0 Å². The van der Waals surface area contributed by atoms with Crippen molar-refractivity contribution in [1.82, 2.24) is 20.2 Å². The van der Waals surface area contributed by atoms with E-state index in [1.165, 1.54) is 6.20 Å². The summed E-state index contributed by atoms with van der Waals surface area (Å²) in [6, 6.07) is 6.91. The molecule has 130 valence electrons. The quantitative estimate of drug-likeness (QED) is 0.928. The maximum Gasteiger partial charge on any atom is 0.270 e. The van der Waals surface area contributed by atoms with E-state index in [0.29, 0.717) is 18.0 Å². The predicted octanol–water partition coefficient (Wildman–Crippen LogP) is 2.28. The van der Waals surface area contributed by atoms with E-state index in [-0.39, 0.29) is 17.5 Å². The number of nitrogens with one attached hydrogen (secondary N) is 1. The Balaban J connectivity index is 1.64. The second-order valence-corrected chi connectivity index (χ2v) is 6.44. The Morgan fingerprint density at radius 3 is 2.60 bits per heavy atom. The van der Waals surface area contributed by atoms with Gasteiger partial charge in [-0.05, 0) is 48.6 Å². The summed E-state index contributed by atoms with van der Waals surface area (Å²) in [6.45, 7) is 4.14. The highest BCUT2D eigenvalue weighted by atomic mass is 16.2. The lowest BCUT2D eigenvalue weighted by Gasteiger charge is -2.30. The first kappa shape index (κ1) is 17.1. The molecule has 1 saturated heterocycles. The molecule has 3 rings (SSSR count). The summed E-state index contributed by atoms with van der Waals surface area (Å²) in [6.07, 6.45) is 6.92. The molecule has 0 unspecified atom stereocenters. The van der Waals surface area contributed by atoms with Gasteiger partial charge in [0.2, 0.25) is 0 Å². The third-order valence-electron chi connectivity index (χ3n) is 4.51. The molecule has 6 heteroatoms. The Morgan fingerprint density at radius 1 is 1.16 bits per heavy atom. The molecule has 2 aromatic heterocycles. The van der Waals surface area contributed by atoms with Gasteiger partial charge < -0.3 is 10.2 Å². The van der Waals surface area contributed by atoms with Crippen LogP contribution in [0, 0.1) is 5.92 Å². The number of piperidine rings is 1. The van der Waals surface area contributed by atoms with E-state index < -0.39 is 0 Å². The first-order valence-electron chi connectivity index (χ1n) is 8.56. The van der Waals surface area contributed by atoms with Crippen LogP contribution in [0.25, 0.3) is 0 Å². The third kappa shape index (κ3) is 4.41. The molecule has 6 nitrogen and oxygen atoms in total. The number of nitrogens with zero attached hydrogens (tertiary/aromatic N) is 3. The molecule has 2 aromatic rings. The van der Waals surface area contributed by atoms with Gasteiger partial charge in [-0.1, -0.05) is 6.92 Å². The van der Waals surface area contributed by atoms with Crippen LogP contribution < -0.4 is 5.32 Å². The molecule has 3 heterocycles. The van der Waals surface area contributed by atoms with Crippen molar-refractivity contribution >= 4 is 11.8 Å². The van der Waals surface area contributed by atoms with Gasteiger partial charge in [0.25, 0.3) is 11.8 Å². The highest BCUT2D eigenvalue weighted by molar-refractivity contribution is 5.98. The molecule has 25 heavy (non-hydrogen) atoms. The molecule has 1 fully saturated rings. The van der Waals surface area contributed by atoms with Gasteiger partial charge in [0, 0.05) is 43.8 Å². The van der Waals surface area contributed by atoms with Gasteiger partial charge in [0.05, 0.1) is 0 Å². The highest BCUT2D eigenvalue weighted by Gasteiger charge is 2.22. The van der Waals surface area contributed by atoms with E-state index in [4.69, 9.17) is 0 Å². The summed E-state index contributed by atoms with van der Waals surface area (Å²) in [7, 11) is 0. The highest BCUT2D eigenvalue weighted by Crippen LogP contribution is 2.18. The van der Waals surface area contributed by atoms with Crippen molar-refractivity contribution in [3.63, 3.8) is 0 Å². The average molecular weight is 338 g/mol. The van der Waals surface area contributed by atoms with Gasteiger partial charge in [0.1, 0.15) is 5.69 Å². The Bertz CT molecular complexity index is 740. The zero-order valence-electron chi connectivity index (χ0n) is 14.3. The van der Waals surface area contributed by atoms with Crippen LogP contribution in [0.5, 0.6) is 0 Å². The lowest BCUT2D eigenvalue weighted by Crippen LogP contribution is -2.38. The van der Waals surface area contributed by atoms with Crippen molar-refractivity contribution in [2.75, 3.05) is 13.1 Å². The van der Waals surface area contributed by atoms with Crippen molar-refractivity contribution in [3.8, 4) is 0 Å².